The van der Waals surface area contributed by atoms with Gasteiger partial charge in [0, 0.05) is 69.5 Å². The number of nitrogens with zero attached hydrogens (tertiary/aromatic N) is 6. The SMILES string of the molecule is CC.Cc1nn(C)cc1CN1CCN(c2nccnc2-c2ccccc2OC(F)(F)F)CC1. The van der Waals surface area contributed by atoms with Gasteiger partial charge in [-0.25, -0.2) is 4.98 Å². The van der Waals surface area contributed by atoms with Crippen molar-refractivity contribution in [2.75, 3.05) is 31.1 Å². The highest BCUT2D eigenvalue weighted by atomic mass is 19.4. The van der Waals surface area contributed by atoms with Crippen LogP contribution in [0.3, 0.4) is 0 Å². The molecule has 1 saturated heterocycles. The average molecular weight is 463 g/mol. The normalized spacial score (nSPS) is 14.6. The number of aromatic nitrogens is 4. The van der Waals surface area contributed by atoms with Crippen LogP contribution >= 0.6 is 0 Å². The summed E-state index contributed by atoms with van der Waals surface area (Å²) in [4.78, 5) is 13.2. The van der Waals surface area contributed by atoms with Crippen LogP contribution in [0.5, 0.6) is 5.75 Å². The number of halogens is 3. The smallest absolute Gasteiger partial charge is 0.405 e. The second-order valence-electron chi connectivity index (χ2n) is 7.45. The number of anilines is 1. The monoisotopic (exact) mass is 462 g/mol. The number of aryl methyl sites for hydroxylation is 2. The van der Waals surface area contributed by atoms with Crippen LogP contribution in [-0.2, 0) is 13.6 Å². The molecule has 1 aromatic carbocycles. The van der Waals surface area contributed by atoms with Gasteiger partial charge in [-0.1, -0.05) is 26.0 Å². The zero-order valence-corrected chi connectivity index (χ0v) is 19.3. The minimum Gasteiger partial charge on any atom is -0.405 e. The number of alkyl halides is 3. The Morgan fingerprint density at radius 2 is 1.67 bits per heavy atom. The Kier molecular flexibility index (Phi) is 7.91. The first-order chi connectivity index (χ1) is 15.8. The molecule has 33 heavy (non-hydrogen) atoms. The average Bonchev–Trinajstić information content (AvgIpc) is 3.11. The van der Waals surface area contributed by atoms with Gasteiger partial charge in [-0.15, -0.1) is 13.2 Å². The molecule has 0 unspecified atom stereocenters. The lowest BCUT2D eigenvalue weighted by Gasteiger charge is -2.36. The molecular weight excluding hydrogens is 433 g/mol. The molecule has 1 aliphatic rings. The number of rotatable bonds is 5. The second-order valence-corrected chi connectivity index (χ2v) is 7.45. The summed E-state index contributed by atoms with van der Waals surface area (Å²) < 4.78 is 44.6. The maximum absolute atomic E-state index is 12.9. The van der Waals surface area contributed by atoms with Crippen molar-refractivity contribution in [3.8, 4) is 17.0 Å². The molecule has 0 N–H and O–H groups in total. The van der Waals surface area contributed by atoms with E-state index in [-0.39, 0.29) is 11.3 Å². The highest BCUT2D eigenvalue weighted by Gasteiger charge is 2.33. The van der Waals surface area contributed by atoms with Crippen LogP contribution in [0.1, 0.15) is 25.1 Å². The topological polar surface area (TPSA) is 59.3 Å². The van der Waals surface area contributed by atoms with E-state index in [0.29, 0.717) is 24.6 Å². The Morgan fingerprint density at radius 1 is 1.00 bits per heavy atom. The van der Waals surface area contributed by atoms with E-state index >= 15 is 0 Å². The fourth-order valence-corrected chi connectivity index (χ4v) is 3.79. The lowest BCUT2D eigenvalue weighted by molar-refractivity contribution is -0.274. The number of hydrogen-bond acceptors (Lipinski definition) is 6. The molecule has 3 aromatic rings. The van der Waals surface area contributed by atoms with E-state index in [2.05, 4.69) is 29.6 Å². The molecule has 7 nitrogen and oxygen atoms in total. The van der Waals surface area contributed by atoms with Gasteiger partial charge >= 0.3 is 6.36 Å². The first-order valence-corrected chi connectivity index (χ1v) is 10.9. The summed E-state index contributed by atoms with van der Waals surface area (Å²) in [6.07, 6.45) is 0.274. The minimum absolute atomic E-state index is 0.260. The Bertz CT molecular complexity index is 1040. The van der Waals surface area contributed by atoms with Gasteiger partial charge in [0.05, 0.1) is 5.69 Å². The van der Waals surface area contributed by atoms with Gasteiger partial charge < -0.3 is 9.64 Å². The molecule has 0 saturated carbocycles. The third-order valence-corrected chi connectivity index (χ3v) is 5.23. The third-order valence-electron chi connectivity index (χ3n) is 5.23. The van der Waals surface area contributed by atoms with E-state index < -0.39 is 6.36 Å². The maximum atomic E-state index is 12.9. The van der Waals surface area contributed by atoms with Crippen LogP contribution < -0.4 is 9.64 Å². The van der Waals surface area contributed by atoms with Crippen molar-refractivity contribution in [3.63, 3.8) is 0 Å². The van der Waals surface area contributed by atoms with Crippen LogP contribution in [-0.4, -0.2) is 57.2 Å². The summed E-state index contributed by atoms with van der Waals surface area (Å²) in [5.74, 6) is 0.264. The van der Waals surface area contributed by atoms with Gasteiger partial charge in [-0.3, -0.25) is 14.6 Å². The van der Waals surface area contributed by atoms with E-state index in [4.69, 9.17) is 0 Å². The summed E-state index contributed by atoms with van der Waals surface area (Å²) in [7, 11) is 1.91. The molecule has 0 atom stereocenters. The molecule has 1 aliphatic heterocycles. The third kappa shape index (κ3) is 6.22. The van der Waals surface area contributed by atoms with Gasteiger partial charge in [0.1, 0.15) is 11.4 Å². The van der Waals surface area contributed by atoms with Crippen molar-refractivity contribution in [2.24, 2.45) is 7.05 Å². The van der Waals surface area contributed by atoms with Crippen molar-refractivity contribution in [1.82, 2.24) is 24.6 Å². The van der Waals surface area contributed by atoms with Crippen molar-refractivity contribution in [3.05, 3.63) is 54.1 Å². The van der Waals surface area contributed by atoms with Crippen LogP contribution in [0, 0.1) is 6.92 Å². The van der Waals surface area contributed by atoms with Crippen molar-refractivity contribution >= 4 is 5.82 Å². The summed E-state index contributed by atoms with van der Waals surface area (Å²) in [5, 5.41) is 4.39. The van der Waals surface area contributed by atoms with Crippen LogP contribution in [0.4, 0.5) is 19.0 Å². The highest BCUT2D eigenvalue weighted by Crippen LogP contribution is 2.36. The fourth-order valence-electron chi connectivity index (χ4n) is 3.79. The van der Waals surface area contributed by atoms with Crippen LogP contribution in [0.25, 0.3) is 11.3 Å². The Balaban J connectivity index is 0.00000149. The molecule has 4 rings (SSSR count). The summed E-state index contributed by atoms with van der Waals surface area (Å²) in [5.41, 5.74) is 2.84. The molecule has 2 aromatic heterocycles. The Labute approximate surface area is 191 Å². The molecular formula is C23H29F3N6O. The zero-order chi connectivity index (χ0) is 24.0. The van der Waals surface area contributed by atoms with Gasteiger partial charge in [0.15, 0.2) is 5.82 Å². The first kappa shape index (κ1) is 24.5. The molecule has 0 bridgehead atoms. The lowest BCUT2D eigenvalue weighted by atomic mass is 10.1. The molecule has 0 amide bonds. The van der Waals surface area contributed by atoms with Crippen molar-refractivity contribution < 1.29 is 17.9 Å². The standard InChI is InChI=1S/C21H23F3N6O.C2H6/c1-15-16(13-28(2)27-15)14-29-9-11-30(12-10-29)20-19(25-7-8-26-20)17-5-3-4-6-18(17)31-21(22,23)24;1-2/h3-8,13H,9-12,14H2,1-2H3;1-2H3. The highest BCUT2D eigenvalue weighted by molar-refractivity contribution is 5.76. The number of hydrogen-bond donors (Lipinski definition) is 0. The first-order valence-electron chi connectivity index (χ1n) is 10.9. The fraction of sp³-hybridized carbons (Fsp3) is 0.435. The molecule has 3 heterocycles. The van der Waals surface area contributed by atoms with E-state index in [1.54, 1.807) is 18.3 Å². The van der Waals surface area contributed by atoms with E-state index in [9.17, 15) is 13.2 Å². The summed E-state index contributed by atoms with van der Waals surface area (Å²) in [6.45, 7) is 9.78. The summed E-state index contributed by atoms with van der Waals surface area (Å²) in [6, 6.07) is 6.01. The second kappa shape index (κ2) is 10.7. The molecule has 0 radical (unpaired) electrons. The molecule has 10 heteroatoms. The quantitative estimate of drug-likeness (QED) is 0.559. The zero-order valence-electron chi connectivity index (χ0n) is 19.3. The predicted octanol–water partition coefficient (Wildman–Crippen LogP) is 4.43. The van der Waals surface area contributed by atoms with Gasteiger partial charge in [-0.05, 0) is 19.1 Å². The van der Waals surface area contributed by atoms with E-state index in [1.165, 1.54) is 23.9 Å². The predicted molar refractivity (Wildman–Crippen MR) is 121 cm³/mol. The number of para-hydroxylation sites is 1. The van der Waals surface area contributed by atoms with Crippen LogP contribution in [0.2, 0.25) is 0 Å². The van der Waals surface area contributed by atoms with Gasteiger partial charge in [0.25, 0.3) is 0 Å². The largest absolute Gasteiger partial charge is 0.573 e. The number of ether oxygens (including phenoxy) is 1. The van der Waals surface area contributed by atoms with Crippen LogP contribution in [0.15, 0.2) is 42.9 Å². The lowest BCUT2D eigenvalue weighted by Crippen LogP contribution is -2.46. The number of piperazine rings is 1. The molecule has 0 aliphatic carbocycles. The van der Waals surface area contributed by atoms with Crippen molar-refractivity contribution in [2.45, 2.75) is 33.7 Å². The van der Waals surface area contributed by atoms with Crippen molar-refractivity contribution in [1.29, 1.82) is 0 Å². The van der Waals surface area contributed by atoms with Gasteiger partial charge in [-0.2, -0.15) is 5.10 Å². The van der Waals surface area contributed by atoms with E-state index in [1.807, 2.05) is 38.7 Å². The van der Waals surface area contributed by atoms with E-state index in [0.717, 1.165) is 25.3 Å². The Morgan fingerprint density at radius 3 is 2.30 bits per heavy atom. The Hall–Kier alpha value is -3.14. The number of benzene rings is 1. The minimum atomic E-state index is -4.78. The van der Waals surface area contributed by atoms with Gasteiger partial charge in [0.2, 0.25) is 0 Å². The maximum Gasteiger partial charge on any atom is 0.573 e. The molecule has 1 fully saturated rings. The molecule has 0 spiro atoms. The molecule has 178 valence electrons. The summed E-state index contributed by atoms with van der Waals surface area (Å²) >= 11 is 0.